The second kappa shape index (κ2) is 3.66. The van der Waals surface area contributed by atoms with Crippen molar-refractivity contribution in [2.24, 2.45) is 0 Å². The number of pyridine rings is 1. The van der Waals surface area contributed by atoms with Gasteiger partial charge in [0.25, 0.3) is 0 Å². The molecule has 0 atom stereocenters. The second-order valence-corrected chi connectivity index (χ2v) is 4.77. The van der Waals surface area contributed by atoms with Gasteiger partial charge in [0.15, 0.2) is 0 Å². The molecule has 1 N–H and O–H groups in total. The normalized spacial score (nSPS) is 14.9. The zero-order valence-corrected chi connectivity index (χ0v) is 9.88. The Morgan fingerprint density at radius 2 is 2.17 bits per heavy atom. The van der Waals surface area contributed by atoms with Crippen LogP contribution in [0.15, 0.2) is 18.3 Å². The maximum Gasteiger partial charge on any atom is 0.313 e. The molecule has 3 rings (SSSR count). The number of hydrogen-bond donors (Lipinski definition) is 1. The molecule has 1 aliphatic rings. The molecule has 0 spiro atoms. The van der Waals surface area contributed by atoms with Crippen LogP contribution in [0.2, 0.25) is 0 Å². The third-order valence-electron chi connectivity index (χ3n) is 3.31. The van der Waals surface area contributed by atoms with Gasteiger partial charge in [-0.05, 0) is 42.9 Å². The van der Waals surface area contributed by atoms with E-state index in [2.05, 4.69) is 4.98 Å². The average Bonchev–Trinajstić information content (AvgIpc) is 3.13. The van der Waals surface area contributed by atoms with E-state index in [1.165, 1.54) is 6.07 Å². The number of rotatable bonds is 2. The van der Waals surface area contributed by atoms with Crippen molar-refractivity contribution < 1.29 is 10.0 Å². The van der Waals surface area contributed by atoms with Crippen molar-refractivity contribution in [3.8, 4) is 5.75 Å². The Labute approximate surface area is 103 Å². The summed E-state index contributed by atoms with van der Waals surface area (Å²) in [4.78, 5) is 14.5. The number of phenols is 1. The van der Waals surface area contributed by atoms with Crippen molar-refractivity contribution in [1.29, 1.82) is 0 Å². The van der Waals surface area contributed by atoms with Gasteiger partial charge < -0.3 is 5.11 Å². The van der Waals surface area contributed by atoms with Crippen molar-refractivity contribution in [3.05, 3.63) is 39.6 Å². The van der Waals surface area contributed by atoms with Crippen molar-refractivity contribution in [1.82, 2.24) is 4.98 Å². The lowest BCUT2D eigenvalue weighted by molar-refractivity contribution is -0.385. The summed E-state index contributed by atoms with van der Waals surface area (Å²) >= 11 is 0. The molecule has 1 aromatic carbocycles. The van der Waals surface area contributed by atoms with Crippen LogP contribution in [-0.4, -0.2) is 15.0 Å². The number of fused-ring (bicyclic) bond motifs is 1. The molecule has 5 heteroatoms. The topological polar surface area (TPSA) is 76.3 Å². The zero-order chi connectivity index (χ0) is 12.9. The smallest absolute Gasteiger partial charge is 0.313 e. The summed E-state index contributed by atoms with van der Waals surface area (Å²) in [7, 11) is 0. The first-order valence-corrected chi connectivity index (χ1v) is 5.84. The number of nitro benzene ring substituents is 1. The molecule has 18 heavy (non-hydrogen) atoms. The minimum absolute atomic E-state index is 0.249. The minimum atomic E-state index is -0.553. The second-order valence-electron chi connectivity index (χ2n) is 4.77. The first kappa shape index (κ1) is 11.0. The summed E-state index contributed by atoms with van der Waals surface area (Å²) in [5, 5.41) is 21.7. The number of phenolic OH excluding ortho intramolecular Hbond substituents is 1. The van der Waals surface area contributed by atoms with Crippen molar-refractivity contribution in [2.45, 2.75) is 25.7 Å². The molecule has 1 aliphatic carbocycles. The molecule has 2 aromatic rings. The summed E-state index contributed by atoms with van der Waals surface area (Å²) in [6.45, 7) is 1.92. The first-order valence-electron chi connectivity index (χ1n) is 5.84. The van der Waals surface area contributed by atoms with Crippen LogP contribution in [0.5, 0.6) is 5.75 Å². The molecule has 1 heterocycles. The fourth-order valence-corrected chi connectivity index (χ4v) is 2.26. The van der Waals surface area contributed by atoms with Crippen molar-refractivity contribution in [3.63, 3.8) is 0 Å². The maximum absolute atomic E-state index is 10.9. The predicted octanol–water partition coefficient (Wildman–Crippen LogP) is 3.03. The largest absolute Gasteiger partial charge is 0.501 e. The highest BCUT2D eigenvalue weighted by atomic mass is 16.6. The Bertz CT molecular complexity index is 663. The fourth-order valence-electron chi connectivity index (χ4n) is 2.26. The Balaban J connectivity index is 2.39. The lowest BCUT2D eigenvalue weighted by Gasteiger charge is -2.08. The lowest BCUT2D eigenvalue weighted by atomic mass is 10.0. The Kier molecular flexibility index (Phi) is 2.23. The Morgan fingerprint density at radius 3 is 2.78 bits per heavy atom. The quantitative estimate of drug-likeness (QED) is 0.650. The lowest BCUT2D eigenvalue weighted by Crippen LogP contribution is -1.95. The molecule has 5 nitrogen and oxygen atoms in total. The van der Waals surface area contributed by atoms with Gasteiger partial charge in [-0.15, -0.1) is 0 Å². The van der Waals surface area contributed by atoms with Gasteiger partial charge in [0, 0.05) is 17.6 Å². The molecule has 92 valence electrons. The van der Waals surface area contributed by atoms with Gasteiger partial charge in [0.1, 0.15) is 5.52 Å². The van der Waals surface area contributed by atoms with Crippen molar-refractivity contribution >= 4 is 16.6 Å². The number of hydrogen-bond acceptors (Lipinski definition) is 4. The number of nitro groups is 1. The van der Waals surface area contributed by atoms with Crippen molar-refractivity contribution in [2.75, 3.05) is 0 Å². The molecular formula is C13H12N2O3. The van der Waals surface area contributed by atoms with Gasteiger partial charge in [-0.2, -0.15) is 0 Å². The Morgan fingerprint density at radius 1 is 1.44 bits per heavy atom. The molecule has 0 radical (unpaired) electrons. The summed E-state index contributed by atoms with van der Waals surface area (Å²) in [5.41, 5.74) is 2.00. The molecule has 1 fully saturated rings. The molecule has 0 aliphatic heterocycles. The van der Waals surface area contributed by atoms with Crippen LogP contribution in [0, 0.1) is 17.0 Å². The number of aryl methyl sites for hydroxylation is 1. The van der Waals surface area contributed by atoms with Crippen LogP contribution in [0.4, 0.5) is 5.69 Å². The maximum atomic E-state index is 10.9. The predicted molar refractivity (Wildman–Crippen MR) is 66.8 cm³/mol. The SMILES string of the molecule is Cc1cnc2c(O)c([N+](=O)[O-])cc(C3CC3)c2c1. The third kappa shape index (κ3) is 1.59. The van der Waals surface area contributed by atoms with Crippen LogP contribution in [0.1, 0.15) is 29.9 Å². The van der Waals surface area contributed by atoms with Gasteiger partial charge in [0.05, 0.1) is 4.92 Å². The van der Waals surface area contributed by atoms with Gasteiger partial charge in [-0.25, -0.2) is 0 Å². The summed E-state index contributed by atoms with van der Waals surface area (Å²) in [5.74, 6) is 0.0369. The third-order valence-corrected chi connectivity index (χ3v) is 3.31. The average molecular weight is 244 g/mol. The highest BCUT2D eigenvalue weighted by molar-refractivity contribution is 5.92. The summed E-state index contributed by atoms with van der Waals surface area (Å²) in [6, 6.07) is 3.43. The van der Waals surface area contributed by atoms with Gasteiger partial charge >= 0.3 is 5.69 Å². The number of aromatic nitrogens is 1. The van der Waals surface area contributed by atoms with Crippen LogP contribution >= 0.6 is 0 Å². The van der Waals surface area contributed by atoms with Crippen LogP contribution in [0.3, 0.4) is 0 Å². The monoisotopic (exact) mass is 244 g/mol. The molecule has 0 bridgehead atoms. The minimum Gasteiger partial charge on any atom is -0.501 e. The standard InChI is InChI=1S/C13H12N2O3/c1-7-4-10-9(8-2-3-8)5-11(15(17)18)13(16)12(10)14-6-7/h4-6,8,16H,2-3H2,1H3. The van der Waals surface area contributed by atoms with E-state index in [1.54, 1.807) is 6.20 Å². The number of nitrogens with zero attached hydrogens (tertiary/aromatic N) is 2. The molecule has 0 unspecified atom stereocenters. The van der Waals surface area contributed by atoms with E-state index in [0.29, 0.717) is 11.4 Å². The van der Waals surface area contributed by atoms with Gasteiger partial charge in [0.2, 0.25) is 5.75 Å². The van der Waals surface area contributed by atoms with Gasteiger partial charge in [-0.3, -0.25) is 15.1 Å². The Hall–Kier alpha value is -2.17. The molecule has 0 saturated heterocycles. The molecule has 0 amide bonds. The van der Waals surface area contributed by atoms with E-state index in [9.17, 15) is 15.2 Å². The zero-order valence-electron chi connectivity index (χ0n) is 9.88. The number of aromatic hydroxyl groups is 1. The van der Waals surface area contributed by atoms with Crippen LogP contribution in [0.25, 0.3) is 10.9 Å². The van der Waals surface area contributed by atoms with E-state index < -0.39 is 4.92 Å². The highest BCUT2D eigenvalue weighted by Crippen LogP contribution is 2.47. The summed E-state index contributed by atoms with van der Waals surface area (Å²) < 4.78 is 0. The molecular weight excluding hydrogens is 232 g/mol. The first-order chi connectivity index (χ1) is 8.58. The molecule has 1 aromatic heterocycles. The van der Waals surface area contributed by atoms with Crippen LogP contribution < -0.4 is 0 Å². The van der Waals surface area contributed by atoms with Gasteiger partial charge in [-0.1, -0.05) is 0 Å². The molecule has 1 saturated carbocycles. The van der Waals surface area contributed by atoms with Crippen LogP contribution in [-0.2, 0) is 0 Å². The van der Waals surface area contributed by atoms with E-state index in [0.717, 1.165) is 29.4 Å². The number of benzene rings is 1. The fraction of sp³-hybridized carbons (Fsp3) is 0.308. The van der Waals surface area contributed by atoms with E-state index in [1.807, 2.05) is 13.0 Å². The van der Waals surface area contributed by atoms with E-state index in [-0.39, 0.29) is 11.4 Å². The summed E-state index contributed by atoms with van der Waals surface area (Å²) in [6.07, 6.45) is 3.71. The van der Waals surface area contributed by atoms with E-state index >= 15 is 0 Å². The van der Waals surface area contributed by atoms with E-state index in [4.69, 9.17) is 0 Å². The highest BCUT2D eigenvalue weighted by Gasteiger charge is 2.30.